The number of benzene rings is 2. The van der Waals surface area contributed by atoms with E-state index in [2.05, 4.69) is 10.3 Å². The Hall–Kier alpha value is -3.06. The number of pyridine rings is 1. The van der Waals surface area contributed by atoms with E-state index in [4.69, 9.17) is 44.6 Å². The van der Waals surface area contributed by atoms with E-state index in [1.54, 1.807) is 25.4 Å². The van der Waals surface area contributed by atoms with Crippen molar-refractivity contribution in [2.45, 2.75) is 12.1 Å². The Morgan fingerprint density at radius 1 is 1.00 bits per heavy atom. The number of aromatic nitrogens is 1. The van der Waals surface area contributed by atoms with Crippen molar-refractivity contribution in [2.24, 2.45) is 0 Å². The van der Waals surface area contributed by atoms with Crippen molar-refractivity contribution >= 4 is 46.2 Å². The van der Waals surface area contributed by atoms with Gasteiger partial charge in [-0.25, -0.2) is 0 Å². The van der Waals surface area contributed by atoms with Crippen LogP contribution < -0.4 is 15.0 Å². The van der Waals surface area contributed by atoms with E-state index in [0.29, 0.717) is 26.7 Å². The third kappa shape index (κ3) is 4.06. The zero-order valence-corrected chi connectivity index (χ0v) is 19.9. The van der Waals surface area contributed by atoms with Crippen LogP contribution in [0.2, 0.25) is 10.0 Å². The first-order valence-corrected chi connectivity index (χ1v) is 11.4. The summed E-state index contributed by atoms with van der Waals surface area (Å²) in [5.74, 6) is 2.12. The maximum Gasteiger partial charge on any atom is 0.174 e. The largest absolute Gasteiger partial charge is 0.495 e. The Morgan fingerprint density at radius 2 is 1.82 bits per heavy atom. The molecule has 1 aliphatic rings. The second-order valence-electron chi connectivity index (χ2n) is 7.50. The van der Waals surface area contributed by atoms with Crippen LogP contribution in [0.4, 0.5) is 5.69 Å². The summed E-state index contributed by atoms with van der Waals surface area (Å²) >= 11 is 18.1. The van der Waals surface area contributed by atoms with E-state index in [1.165, 1.54) is 0 Å². The summed E-state index contributed by atoms with van der Waals surface area (Å²) in [4.78, 5) is 6.59. The van der Waals surface area contributed by atoms with Gasteiger partial charge in [-0.15, -0.1) is 0 Å². The second kappa shape index (κ2) is 9.06. The van der Waals surface area contributed by atoms with Gasteiger partial charge in [-0.05, 0) is 66.8 Å². The lowest BCUT2D eigenvalue weighted by molar-refractivity contribution is 0.409. The highest BCUT2D eigenvalue weighted by molar-refractivity contribution is 7.80. The maximum atomic E-state index is 6.36. The molecule has 0 amide bonds. The minimum Gasteiger partial charge on any atom is -0.495 e. The topological polar surface area (TPSA) is 50.5 Å². The fourth-order valence-electron chi connectivity index (χ4n) is 4.05. The summed E-state index contributed by atoms with van der Waals surface area (Å²) in [5, 5.41) is 4.95. The fraction of sp³-hybridized carbons (Fsp3) is 0.120. The van der Waals surface area contributed by atoms with Crippen LogP contribution in [0.1, 0.15) is 23.5 Å². The average Bonchev–Trinajstić information content (AvgIpc) is 3.46. The Labute approximate surface area is 206 Å². The summed E-state index contributed by atoms with van der Waals surface area (Å²) in [7, 11) is 1.64. The zero-order valence-electron chi connectivity index (χ0n) is 17.5. The van der Waals surface area contributed by atoms with Crippen molar-refractivity contribution in [1.29, 1.82) is 0 Å². The lowest BCUT2D eigenvalue weighted by Gasteiger charge is -2.27. The van der Waals surface area contributed by atoms with Crippen molar-refractivity contribution < 1.29 is 9.15 Å². The molecule has 1 fully saturated rings. The van der Waals surface area contributed by atoms with Gasteiger partial charge in [0.25, 0.3) is 0 Å². The normalized spacial score (nSPS) is 17.8. The van der Waals surface area contributed by atoms with E-state index >= 15 is 0 Å². The van der Waals surface area contributed by atoms with Crippen LogP contribution in [0.5, 0.6) is 5.75 Å². The van der Waals surface area contributed by atoms with Gasteiger partial charge >= 0.3 is 0 Å². The molecular formula is C25H19Cl2N3O2S. The first-order valence-electron chi connectivity index (χ1n) is 10.3. The Balaban J connectivity index is 1.62. The highest BCUT2D eigenvalue weighted by Crippen LogP contribution is 2.45. The van der Waals surface area contributed by atoms with Crippen molar-refractivity contribution in [1.82, 2.24) is 10.3 Å². The number of rotatable bonds is 5. The van der Waals surface area contributed by atoms with Gasteiger partial charge in [0.2, 0.25) is 0 Å². The molecule has 8 heteroatoms. The molecular weight excluding hydrogens is 477 g/mol. The first-order chi connectivity index (χ1) is 16.1. The second-order valence-corrected chi connectivity index (χ2v) is 8.70. The average molecular weight is 496 g/mol. The van der Waals surface area contributed by atoms with Crippen molar-refractivity contribution in [3.05, 3.63) is 100 Å². The summed E-state index contributed by atoms with van der Waals surface area (Å²) in [6.07, 6.45) is 1.77. The van der Waals surface area contributed by atoms with E-state index in [-0.39, 0.29) is 12.1 Å². The minimum atomic E-state index is -0.291. The third-order valence-corrected chi connectivity index (χ3v) is 6.62. The molecule has 2 aromatic heterocycles. The molecule has 2 atom stereocenters. The Morgan fingerprint density at radius 3 is 2.58 bits per heavy atom. The molecule has 4 aromatic rings. The molecule has 0 saturated carbocycles. The number of hydrogen-bond acceptors (Lipinski definition) is 4. The number of methoxy groups -OCH3 is 1. The maximum absolute atomic E-state index is 6.36. The zero-order chi connectivity index (χ0) is 22.9. The van der Waals surface area contributed by atoms with E-state index < -0.39 is 0 Å². The van der Waals surface area contributed by atoms with Gasteiger partial charge in [0, 0.05) is 11.8 Å². The highest BCUT2D eigenvalue weighted by Gasteiger charge is 2.43. The summed E-state index contributed by atoms with van der Waals surface area (Å²) in [6.45, 7) is 0. The number of hydrogen-bond donors (Lipinski definition) is 1. The molecule has 166 valence electrons. The number of para-hydroxylation sites is 2. The summed E-state index contributed by atoms with van der Waals surface area (Å²) < 4.78 is 12.0. The first kappa shape index (κ1) is 21.8. The molecule has 5 rings (SSSR count). The molecule has 33 heavy (non-hydrogen) atoms. The number of furan rings is 1. The van der Waals surface area contributed by atoms with Gasteiger partial charge in [0.15, 0.2) is 5.11 Å². The van der Waals surface area contributed by atoms with Crippen LogP contribution in [-0.4, -0.2) is 17.2 Å². The van der Waals surface area contributed by atoms with Gasteiger partial charge in [0.1, 0.15) is 23.3 Å². The molecule has 0 radical (unpaired) electrons. The van der Waals surface area contributed by atoms with Crippen LogP contribution in [-0.2, 0) is 0 Å². The highest BCUT2D eigenvalue weighted by atomic mass is 35.5. The molecule has 1 aliphatic heterocycles. The Bertz CT molecular complexity index is 1310. The van der Waals surface area contributed by atoms with Gasteiger partial charge < -0.3 is 19.4 Å². The molecule has 0 bridgehead atoms. The lowest BCUT2D eigenvalue weighted by atomic mass is 10.0. The summed E-state index contributed by atoms with van der Waals surface area (Å²) in [6, 6.07) is 22.4. The molecule has 1 saturated heterocycles. The number of nitrogens with zero attached hydrogens (tertiary/aromatic N) is 2. The predicted octanol–water partition coefficient (Wildman–Crippen LogP) is 6.83. The van der Waals surface area contributed by atoms with Gasteiger partial charge in [-0.2, -0.15) is 0 Å². The third-order valence-electron chi connectivity index (χ3n) is 5.57. The van der Waals surface area contributed by atoms with Crippen LogP contribution in [0.25, 0.3) is 11.3 Å². The van der Waals surface area contributed by atoms with Gasteiger partial charge in [-0.3, -0.25) is 4.98 Å². The molecule has 5 nitrogen and oxygen atoms in total. The SMILES string of the molecule is COc1ccccc1N1C(=S)NC(c2ccccn2)C1c1ccc(-c2ccc(Cl)c(Cl)c2)o1. The standard InChI is InChI=1S/C25H19Cl2N3O2S/c1-31-21-8-3-2-7-19(21)30-24(23(29-25(30)33)18-6-4-5-13-28-18)22-12-11-20(32-22)15-9-10-16(26)17(27)14-15/h2-14,23-24H,1H3,(H,29,33). The van der Waals surface area contributed by atoms with Crippen LogP contribution in [0.3, 0.4) is 0 Å². The number of thiocarbonyl (C=S) groups is 1. The van der Waals surface area contributed by atoms with Crippen LogP contribution in [0.15, 0.2) is 83.4 Å². The van der Waals surface area contributed by atoms with E-state index in [1.807, 2.05) is 65.6 Å². The monoisotopic (exact) mass is 495 g/mol. The Kier molecular flexibility index (Phi) is 5.98. The number of halogens is 2. The van der Waals surface area contributed by atoms with Crippen molar-refractivity contribution in [2.75, 3.05) is 12.0 Å². The van der Waals surface area contributed by atoms with Gasteiger partial charge in [-0.1, -0.05) is 41.4 Å². The van der Waals surface area contributed by atoms with Crippen LogP contribution >= 0.6 is 35.4 Å². The van der Waals surface area contributed by atoms with Gasteiger partial charge in [0.05, 0.1) is 34.6 Å². The van der Waals surface area contributed by atoms with E-state index in [0.717, 1.165) is 22.7 Å². The molecule has 3 heterocycles. The van der Waals surface area contributed by atoms with Crippen molar-refractivity contribution in [3.8, 4) is 17.1 Å². The molecule has 2 aromatic carbocycles. The number of nitrogens with one attached hydrogen (secondary N) is 1. The van der Waals surface area contributed by atoms with Crippen molar-refractivity contribution in [3.63, 3.8) is 0 Å². The quantitative estimate of drug-likeness (QED) is 0.306. The minimum absolute atomic E-state index is 0.226. The predicted molar refractivity (Wildman–Crippen MR) is 135 cm³/mol. The molecule has 1 N–H and O–H groups in total. The number of anilines is 1. The molecule has 0 aliphatic carbocycles. The smallest absolute Gasteiger partial charge is 0.174 e. The number of ether oxygens (including phenoxy) is 1. The lowest BCUT2D eigenvalue weighted by Crippen LogP contribution is -2.29. The molecule has 0 spiro atoms. The fourth-order valence-corrected chi connectivity index (χ4v) is 4.69. The van der Waals surface area contributed by atoms with Crippen LogP contribution in [0, 0.1) is 0 Å². The summed E-state index contributed by atoms with van der Waals surface area (Å²) in [5.41, 5.74) is 2.53. The molecule has 2 unspecified atom stereocenters. The van der Waals surface area contributed by atoms with E-state index in [9.17, 15) is 0 Å².